The molecule has 2 aromatic rings. The molecule has 0 fully saturated rings. The Morgan fingerprint density at radius 3 is 2.12 bits per heavy atom. The Bertz CT molecular complexity index is 750. The van der Waals surface area contributed by atoms with Gasteiger partial charge in [-0.1, -0.05) is 19.1 Å². The molecule has 0 spiro atoms. The highest BCUT2D eigenvalue weighted by Gasteiger charge is 2.29. The topological polar surface area (TPSA) is 52.6 Å². The van der Waals surface area contributed by atoms with Gasteiger partial charge >= 0.3 is 12.1 Å². The molecule has 0 aliphatic rings. The maximum atomic E-state index is 12.5. The fourth-order valence-electron chi connectivity index (χ4n) is 2.08. The summed E-state index contributed by atoms with van der Waals surface area (Å²) in [6, 6.07) is 10.7. The van der Waals surface area contributed by atoms with E-state index in [1.807, 2.05) is 0 Å². The van der Waals surface area contributed by atoms with Crippen molar-refractivity contribution in [2.75, 3.05) is 6.61 Å². The lowest BCUT2D eigenvalue weighted by atomic mass is 10.1. The summed E-state index contributed by atoms with van der Waals surface area (Å²) < 4.78 is 47.6. The number of benzene rings is 2. The fourth-order valence-corrected chi connectivity index (χ4v) is 2.08. The number of hydrogen-bond donors (Lipinski definition) is 0. The van der Waals surface area contributed by atoms with Gasteiger partial charge in [-0.25, -0.2) is 4.79 Å². The Kier molecular flexibility index (Phi) is 6.38. The van der Waals surface area contributed by atoms with Gasteiger partial charge in [0.25, 0.3) is 0 Å². The molecule has 0 aliphatic carbocycles. The maximum absolute atomic E-state index is 12.5. The molecule has 2 aromatic carbocycles. The summed E-state index contributed by atoms with van der Waals surface area (Å²) >= 11 is 0. The predicted molar refractivity (Wildman–Crippen MR) is 87.8 cm³/mol. The average molecular weight is 366 g/mol. The van der Waals surface area contributed by atoms with E-state index in [1.165, 1.54) is 12.1 Å². The molecule has 0 unspecified atom stereocenters. The van der Waals surface area contributed by atoms with Gasteiger partial charge in [0.2, 0.25) is 0 Å². The Hall–Kier alpha value is -2.83. The van der Waals surface area contributed by atoms with Crippen LogP contribution >= 0.6 is 0 Å². The van der Waals surface area contributed by atoms with Crippen LogP contribution in [-0.2, 0) is 22.3 Å². The smallest absolute Gasteiger partial charge is 0.416 e. The highest BCUT2D eigenvalue weighted by molar-refractivity contribution is 5.95. The number of carbonyl (C=O) groups excluding carboxylic acids is 2. The van der Waals surface area contributed by atoms with Crippen LogP contribution in [0.25, 0.3) is 0 Å². The zero-order valence-corrected chi connectivity index (χ0v) is 14.0. The van der Waals surface area contributed by atoms with Crippen molar-refractivity contribution in [3.8, 4) is 5.75 Å². The molecule has 0 bridgehead atoms. The first-order valence-corrected chi connectivity index (χ1v) is 7.87. The molecule has 2 rings (SSSR count). The van der Waals surface area contributed by atoms with E-state index in [1.54, 1.807) is 31.2 Å². The van der Waals surface area contributed by atoms with Crippen LogP contribution in [0.15, 0.2) is 48.5 Å². The average Bonchev–Trinajstić information content (AvgIpc) is 2.64. The lowest BCUT2D eigenvalue weighted by Gasteiger charge is -2.09. The molecule has 0 saturated heterocycles. The second-order valence-corrected chi connectivity index (χ2v) is 5.45. The van der Waals surface area contributed by atoms with Crippen molar-refractivity contribution >= 4 is 11.8 Å². The summed E-state index contributed by atoms with van der Waals surface area (Å²) in [4.78, 5) is 23.2. The van der Waals surface area contributed by atoms with Crippen LogP contribution in [0.1, 0.15) is 34.8 Å². The molecule has 4 nitrogen and oxygen atoms in total. The van der Waals surface area contributed by atoms with Crippen LogP contribution in [0.4, 0.5) is 13.2 Å². The van der Waals surface area contributed by atoms with Crippen molar-refractivity contribution in [1.29, 1.82) is 0 Å². The second-order valence-electron chi connectivity index (χ2n) is 5.45. The van der Waals surface area contributed by atoms with Crippen molar-refractivity contribution in [3.63, 3.8) is 0 Å². The van der Waals surface area contributed by atoms with Crippen LogP contribution in [0.2, 0.25) is 0 Å². The van der Waals surface area contributed by atoms with Gasteiger partial charge in [0.05, 0.1) is 5.56 Å². The number of ketones is 1. The summed E-state index contributed by atoms with van der Waals surface area (Å²) in [5, 5.41) is 0. The molecule has 0 aromatic heterocycles. The lowest BCUT2D eigenvalue weighted by molar-refractivity contribution is -0.147. The zero-order chi connectivity index (χ0) is 19.2. The second kappa shape index (κ2) is 8.51. The van der Waals surface area contributed by atoms with Gasteiger partial charge in [-0.3, -0.25) is 4.79 Å². The van der Waals surface area contributed by atoms with Gasteiger partial charge in [0, 0.05) is 12.0 Å². The van der Waals surface area contributed by atoms with Crippen molar-refractivity contribution in [3.05, 3.63) is 65.2 Å². The number of hydrogen-bond acceptors (Lipinski definition) is 4. The molecule has 0 atom stereocenters. The SMILES string of the molecule is CCC(=O)c1ccc(OCC(=O)OCc2ccc(C(F)(F)F)cc2)cc1. The van der Waals surface area contributed by atoms with Gasteiger partial charge in [-0.2, -0.15) is 13.2 Å². The zero-order valence-electron chi connectivity index (χ0n) is 14.0. The molecule has 0 saturated carbocycles. The van der Waals surface area contributed by atoms with Crippen LogP contribution in [-0.4, -0.2) is 18.4 Å². The lowest BCUT2D eigenvalue weighted by Crippen LogP contribution is -2.15. The standard InChI is InChI=1S/C19H17F3O4/c1-2-17(23)14-5-9-16(10-6-14)25-12-18(24)26-11-13-3-7-15(8-4-13)19(20,21)22/h3-10H,2,11-12H2,1H3. The van der Waals surface area contributed by atoms with Crippen molar-refractivity contribution in [2.24, 2.45) is 0 Å². The molecule has 0 radical (unpaired) electrons. The van der Waals surface area contributed by atoms with Gasteiger partial charge in [-0.05, 0) is 42.0 Å². The number of ether oxygens (including phenoxy) is 2. The Labute approximate surface area is 148 Å². The summed E-state index contributed by atoms with van der Waals surface area (Å²) in [5.74, 6) is -0.241. The molecule has 26 heavy (non-hydrogen) atoms. The van der Waals surface area contributed by atoms with E-state index < -0.39 is 17.7 Å². The number of halogens is 3. The van der Waals surface area contributed by atoms with Gasteiger partial charge < -0.3 is 9.47 Å². The van der Waals surface area contributed by atoms with Crippen LogP contribution in [0.5, 0.6) is 5.75 Å². The molecule has 0 aliphatic heterocycles. The van der Waals surface area contributed by atoms with E-state index >= 15 is 0 Å². The predicted octanol–water partition coefficient (Wildman–Crippen LogP) is 4.42. The Balaban J connectivity index is 1.79. The summed E-state index contributed by atoms with van der Waals surface area (Å²) in [6.45, 7) is 1.27. The minimum absolute atomic E-state index is 0.00695. The largest absolute Gasteiger partial charge is 0.482 e. The minimum atomic E-state index is -4.40. The first-order valence-electron chi connectivity index (χ1n) is 7.87. The third kappa shape index (κ3) is 5.61. The molecule has 0 N–H and O–H groups in total. The number of alkyl halides is 3. The third-order valence-corrected chi connectivity index (χ3v) is 3.54. The van der Waals surface area contributed by atoms with Gasteiger partial charge in [0.1, 0.15) is 12.4 Å². The number of rotatable bonds is 7. The van der Waals surface area contributed by atoms with E-state index in [4.69, 9.17) is 9.47 Å². The molecular formula is C19H17F3O4. The first kappa shape index (κ1) is 19.5. The molecule has 7 heteroatoms. The fraction of sp³-hybridized carbons (Fsp3) is 0.263. The Morgan fingerprint density at radius 1 is 0.962 bits per heavy atom. The third-order valence-electron chi connectivity index (χ3n) is 3.54. The van der Waals surface area contributed by atoms with Gasteiger partial charge in [-0.15, -0.1) is 0 Å². The van der Waals surface area contributed by atoms with Crippen LogP contribution in [0, 0.1) is 0 Å². The maximum Gasteiger partial charge on any atom is 0.416 e. The number of Topliss-reactive ketones (excluding diaryl/α,β-unsaturated/α-hetero) is 1. The monoisotopic (exact) mass is 366 g/mol. The summed E-state index contributed by atoms with van der Waals surface area (Å²) in [6.07, 6.45) is -4.00. The van der Waals surface area contributed by atoms with Gasteiger partial charge in [0.15, 0.2) is 12.4 Å². The minimum Gasteiger partial charge on any atom is -0.482 e. The van der Waals surface area contributed by atoms with E-state index in [9.17, 15) is 22.8 Å². The quantitative estimate of drug-likeness (QED) is 0.538. The highest BCUT2D eigenvalue weighted by atomic mass is 19.4. The number of carbonyl (C=O) groups is 2. The van der Waals surface area contributed by atoms with Crippen LogP contribution in [0.3, 0.4) is 0 Å². The van der Waals surface area contributed by atoms with Crippen molar-refractivity contribution < 1.29 is 32.2 Å². The number of esters is 1. The molecule has 138 valence electrons. The van der Waals surface area contributed by atoms with E-state index in [-0.39, 0.29) is 19.0 Å². The van der Waals surface area contributed by atoms with Crippen LogP contribution < -0.4 is 4.74 Å². The highest BCUT2D eigenvalue weighted by Crippen LogP contribution is 2.29. The van der Waals surface area contributed by atoms with E-state index in [0.717, 1.165) is 12.1 Å². The summed E-state index contributed by atoms with van der Waals surface area (Å²) in [7, 11) is 0. The molecule has 0 heterocycles. The molecular weight excluding hydrogens is 349 g/mol. The molecule has 0 amide bonds. The normalized spacial score (nSPS) is 11.1. The van der Waals surface area contributed by atoms with Crippen molar-refractivity contribution in [1.82, 2.24) is 0 Å². The van der Waals surface area contributed by atoms with E-state index in [0.29, 0.717) is 23.3 Å². The first-order chi connectivity index (χ1) is 12.3. The Morgan fingerprint density at radius 2 is 1.58 bits per heavy atom. The van der Waals surface area contributed by atoms with Crippen molar-refractivity contribution in [2.45, 2.75) is 26.1 Å². The van der Waals surface area contributed by atoms with E-state index in [2.05, 4.69) is 0 Å². The summed E-state index contributed by atoms with van der Waals surface area (Å²) in [5.41, 5.74) is 0.236.